The number of benzene rings is 1. The van der Waals surface area contributed by atoms with Gasteiger partial charge in [0, 0.05) is 0 Å². The maximum absolute atomic E-state index is 10.2. The topological polar surface area (TPSA) is 37.3 Å². The fraction of sp³-hybridized carbons (Fsp3) is 0. The van der Waals surface area contributed by atoms with Gasteiger partial charge in [0.2, 0.25) is 0 Å². The third-order valence-corrected chi connectivity index (χ3v) is 1.02. The Hall–Kier alpha value is 3.69. The Kier molecular flexibility index (Phi) is 41.6. The predicted molar refractivity (Wildman–Crippen MR) is 39.0 cm³/mol. The van der Waals surface area contributed by atoms with Crippen LogP contribution in [0, 0.1) is 0 Å². The molecule has 0 radical (unpaired) electrons. The predicted octanol–water partition coefficient (Wildman–Crippen LogP) is -13.0. The van der Waals surface area contributed by atoms with E-state index in [1.54, 1.807) is 30.3 Å². The van der Waals surface area contributed by atoms with Crippen LogP contribution < -0.4 is 148 Å². The van der Waals surface area contributed by atoms with Crippen LogP contribution >= 0.6 is 0 Å². The minimum absolute atomic E-state index is 0. The van der Waals surface area contributed by atoms with Crippen LogP contribution in [0.15, 0.2) is 30.3 Å². The zero-order valence-electron chi connectivity index (χ0n) is 14.7. The van der Waals surface area contributed by atoms with Crippen molar-refractivity contribution in [2.24, 2.45) is 0 Å². The zero-order chi connectivity index (χ0) is 6.69. The fourth-order valence-corrected chi connectivity index (χ4v) is 0.581. The van der Waals surface area contributed by atoms with E-state index in [4.69, 9.17) is 5.11 Å². The molecule has 14 heavy (non-hydrogen) atoms. The Morgan fingerprint density at radius 1 is 0.929 bits per heavy atom. The minimum atomic E-state index is -0.879. The number of carboxylic acids is 1. The molecule has 2 nitrogen and oxygen atoms in total. The average Bonchev–Trinajstić information content (AvgIpc) is 1.90. The summed E-state index contributed by atoms with van der Waals surface area (Å²) in [5.41, 5.74) is 0.331. The fourth-order valence-electron chi connectivity index (χ4n) is 0.581. The van der Waals surface area contributed by atoms with Crippen LogP contribution in [0.4, 0.5) is 0 Å². The number of hydrogen-bond acceptors (Lipinski definition) is 1. The normalized spacial score (nSPS) is 5.71. The molecule has 0 bridgehead atoms. The molecule has 0 saturated heterocycles. The molecule has 0 aromatic heterocycles. The van der Waals surface area contributed by atoms with Crippen LogP contribution in [0.1, 0.15) is 17.5 Å². The van der Waals surface area contributed by atoms with Crippen LogP contribution in [-0.2, 0) is 0 Å². The smallest absolute Gasteiger partial charge is 1.00 e. The van der Waals surface area contributed by atoms with Gasteiger partial charge in [-0.3, -0.25) is 0 Å². The van der Waals surface area contributed by atoms with Gasteiger partial charge in [-0.1, -0.05) is 18.2 Å². The van der Waals surface area contributed by atoms with E-state index in [0.717, 1.165) is 0 Å². The van der Waals surface area contributed by atoms with E-state index < -0.39 is 5.97 Å². The van der Waals surface area contributed by atoms with Crippen molar-refractivity contribution in [2.75, 3.05) is 0 Å². The third-order valence-electron chi connectivity index (χ3n) is 1.02. The minimum Gasteiger partial charge on any atom is -1.00 e. The van der Waals surface area contributed by atoms with Gasteiger partial charge in [0.1, 0.15) is 0 Å². The second kappa shape index (κ2) is 19.0. The first-order valence-electron chi connectivity index (χ1n) is 2.59. The van der Waals surface area contributed by atoms with Gasteiger partial charge in [-0.25, -0.2) is 4.79 Å². The molecule has 56 valence electrons. The molecule has 0 heterocycles. The second-order valence-corrected chi connectivity index (χ2v) is 1.67. The van der Waals surface area contributed by atoms with Gasteiger partial charge >= 0.3 is 154 Å². The number of carboxylic acid groups (broad SMARTS) is 1. The van der Waals surface area contributed by atoms with E-state index in [2.05, 4.69) is 0 Å². The molecule has 0 aliphatic carbocycles. The van der Waals surface area contributed by atoms with Crippen LogP contribution in [0.3, 0.4) is 0 Å². The van der Waals surface area contributed by atoms with Crippen molar-refractivity contribution < 1.29 is 165 Å². The summed E-state index contributed by atoms with van der Waals surface area (Å²) in [4.78, 5) is 10.2. The summed E-state index contributed by atoms with van der Waals surface area (Å²) in [5, 5.41) is 8.38. The molecule has 0 spiro atoms. The molecule has 7 heteroatoms. The van der Waals surface area contributed by atoms with E-state index in [0.29, 0.717) is 5.56 Å². The summed E-state index contributed by atoms with van der Waals surface area (Å²) >= 11 is 0. The molecule has 1 aromatic rings. The molecule has 0 atom stereocenters. The maximum atomic E-state index is 10.2. The van der Waals surface area contributed by atoms with E-state index in [1.807, 2.05) is 0 Å². The Balaban J connectivity index is -0.0000000101. The summed E-state index contributed by atoms with van der Waals surface area (Å²) in [5.74, 6) is -0.879. The van der Waals surface area contributed by atoms with Crippen LogP contribution in [0.25, 0.3) is 0 Å². The molecular weight excluding hydrogens is 231 g/mol. The summed E-state index contributed by atoms with van der Waals surface area (Å²) in [6.45, 7) is 0. The van der Waals surface area contributed by atoms with Crippen LogP contribution in [0.5, 0.6) is 0 Å². The number of hydrogen-bond donors (Lipinski definition) is 1. The number of rotatable bonds is 1. The van der Waals surface area contributed by atoms with Crippen LogP contribution in [0.2, 0.25) is 0 Å². The Labute approximate surface area is 202 Å². The van der Waals surface area contributed by atoms with Crippen molar-refractivity contribution in [3.8, 4) is 0 Å². The first-order valence-corrected chi connectivity index (χ1v) is 2.59. The first kappa shape index (κ1) is 30.6. The SMILES string of the molecule is O=C(O)c1ccccc1.[H-].[H-].[H-].[H-].[H-].[Na+].[Na+].[Na+].[Na+].[Na+]. The molecule has 1 aromatic carbocycles. The van der Waals surface area contributed by atoms with Gasteiger partial charge in [-0.2, -0.15) is 0 Å². The molecule has 0 amide bonds. The summed E-state index contributed by atoms with van der Waals surface area (Å²) < 4.78 is 0. The van der Waals surface area contributed by atoms with Crippen molar-refractivity contribution in [2.45, 2.75) is 0 Å². The molecule has 0 unspecified atom stereocenters. The molecular formula is C7H11Na5O2. The molecule has 0 fully saturated rings. The zero-order valence-corrected chi connectivity index (χ0v) is 19.7. The first-order chi connectivity index (χ1) is 4.30. The second-order valence-electron chi connectivity index (χ2n) is 1.67. The summed E-state index contributed by atoms with van der Waals surface area (Å²) in [6, 6.07) is 8.30. The monoisotopic (exact) mass is 242 g/mol. The van der Waals surface area contributed by atoms with Gasteiger partial charge in [-0.05, 0) is 12.1 Å². The molecule has 0 saturated carbocycles. The van der Waals surface area contributed by atoms with Gasteiger partial charge < -0.3 is 12.2 Å². The van der Waals surface area contributed by atoms with Gasteiger partial charge in [0.15, 0.2) is 0 Å². The van der Waals surface area contributed by atoms with Crippen molar-refractivity contribution in [3.63, 3.8) is 0 Å². The van der Waals surface area contributed by atoms with Gasteiger partial charge in [0.25, 0.3) is 0 Å². The van der Waals surface area contributed by atoms with Crippen molar-refractivity contribution in [3.05, 3.63) is 35.9 Å². The average molecular weight is 242 g/mol. The van der Waals surface area contributed by atoms with E-state index in [9.17, 15) is 4.79 Å². The number of aromatic carboxylic acids is 1. The van der Waals surface area contributed by atoms with E-state index in [-0.39, 0.29) is 155 Å². The van der Waals surface area contributed by atoms with Crippen molar-refractivity contribution in [1.82, 2.24) is 0 Å². The Bertz CT molecular complexity index is 232. The maximum Gasteiger partial charge on any atom is 1.00 e. The Morgan fingerprint density at radius 3 is 1.50 bits per heavy atom. The van der Waals surface area contributed by atoms with Crippen molar-refractivity contribution >= 4 is 5.97 Å². The third kappa shape index (κ3) is 13.8. The molecule has 0 aliphatic heterocycles. The van der Waals surface area contributed by atoms with E-state index >= 15 is 0 Å². The Morgan fingerprint density at radius 2 is 1.29 bits per heavy atom. The summed E-state index contributed by atoms with van der Waals surface area (Å²) in [7, 11) is 0. The largest absolute Gasteiger partial charge is 1.00 e. The van der Waals surface area contributed by atoms with Crippen molar-refractivity contribution in [1.29, 1.82) is 0 Å². The van der Waals surface area contributed by atoms with E-state index in [1.165, 1.54) is 0 Å². The quantitative estimate of drug-likeness (QED) is 0.497. The van der Waals surface area contributed by atoms with Gasteiger partial charge in [-0.15, -0.1) is 0 Å². The summed E-state index contributed by atoms with van der Waals surface area (Å²) in [6.07, 6.45) is 0. The molecule has 1 rings (SSSR count). The van der Waals surface area contributed by atoms with Crippen LogP contribution in [-0.4, -0.2) is 11.1 Å². The molecule has 0 aliphatic rings. The standard InChI is InChI=1S/C7H6O2.5Na.5H/c8-7(9)6-4-2-1-3-5-6;;;;;;;;;;/h1-5H,(H,8,9);;;;;;;;;;/q;5*+1;5*-1. The van der Waals surface area contributed by atoms with Gasteiger partial charge in [0.05, 0.1) is 5.56 Å². The molecule has 1 N–H and O–H groups in total. The number of carbonyl (C=O) groups is 1.